The van der Waals surface area contributed by atoms with Crippen LogP contribution in [0.15, 0.2) is 42.5 Å². The maximum absolute atomic E-state index is 13.3. The van der Waals surface area contributed by atoms with Crippen molar-refractivity contribution in [1.29, 1.82) is 0 Å². The summed E-state index contributed by atoms with van der Waals surface area (Å²) in [4.78, 5) is 11.7. The number of para-hydroxylation sites is 1. The van der Waals surface area contributed by atoms with Gasteiger partial charge >= 0.3 is 0 Å². The Bertz CT molecular complexity index is 578. The molecule has 0 unspecified atom stereocenters. The van der Waals surface area contributed by atoms with Crippen molar-refractivity contribution in [2.75, 3.05) is 5.32 Å². The van der Waals surface area contributed by atoms with Gasteiger partial charge in [-0.3, -0.25) is 4.79 Å². The molecule has 2 aromatic rings. The van der Waals surface area contributed by atoms with Crippen LogP contribution in [0.3, 0.4) is 0 Å². The van der Waals surface area contributed by atoms with Gasteiger partial charge < -0.3 is 5.32 Å². The lowest BCUT2D eigenvalue weighted by atomic mass is 10.2. The third kappa shape index (κ3) is 2.68. The van der Waals surface area contributed by atoms with E-state index in [0.29, 0.717) is 6.07 Å². The molecule has 0 heterocycles. The number of hydrogen-bond acceptors (Lipinski definition) is 1. The Balaban J connectivity index is 2.25. The third-order valence-corrected chi connectivity index (χ3v) is 2.25. The van der Waals surface area contributed by atoms with Crippen molar-refractivity contribution in [3.8, 4) is 0 Å². The number of carbonyl (C=O) groups is 1. The first kappa shape index (κ1) is 12.2. The number of rotatable bonds is 2. The van der Waals surface area contributed by atoms with Crippen LogP contribution in [0.4, 0.5) is 18.9 Å². The fourth-order valence-corrected chi connectivity index (χ4v) is 1.44. The van der Waals surface area contributed by atoms with Crippen LogP contribution in [-0.4, -0.2) is 5.91 Å². The van der Waals surface area contributed by atoms with Crippen molar-refractivity contribution in [2.45, 2.75) is 0 Å². The lowest BCUT2D eigenvalue weighted by Crippen LogP contribution is -2.13. The van der Waals surface area contributed by atoms with E-state index >= 15 is 0 Å². The highest BCUT2D eigenvalue weighted by Crippen LogP contribution is 2.15. The Morgan fingerprint density at radius 1 is 0.944 bits per heavy atom. The fourth-order valence-electron chi connectivity index (χ4n) is 1.44. The first-order chi connectivity index (χ1) is 8.56. The SMILES string of the molecule is O=C(Nc1ccccc1F)c1cc(F)cc(F)c1. The molecule has 0 bridgehead atoms. The van der Waals surface area contributed by atoms with Crippen molar-refractivity contribution < 1.29 is 18.0 Å². The topological polar surface area (TPSA) is 29.1 Å². The van der Waals surface area contributed by atoms with Gasteiger partial charge in [-0.15, -0.1) is 0 Å². The highest BCUT2D eigenvalue weighted by atomic mass is 19.1. The largest absolute Gasteiger partial charge is 0.319 e. The van der Waals surface area contributed by atoms with E-state index in [-0.39, 0.29) is 11.3 Å². The number of carbonyl (C=O) groups excluding carboxylic acids is 1. The summed E-state index contributed by atoms with van der Waals surface area (Å²) in [6.07, 6.45) is 0. The van der Waals surface area contributed by atoms with Gasteiger partial charge in [-0.2, -0.15) is 0 Å². The summed E-state index contributed by atoms with van der Waals surface area (Å²) in [5.74, 6) is -3.14. The van der Waals surface area contributed by atoms with Crippen molar-refractivity contribution >= 4 is 11.6 Å². The molecule has 92 valence electrons. The maximum Gasteiger partial charge on any atom is 0.255 e. The van der Waals surface area contributed by atoms with Crippen LogP contribution in [0, 0.1) is 17.5 Å². The zero-order chi connectivity index (χ0) is 13.1. The number of amides is 1. The number of anilines is 1. The molecule has 0 aromatic heterocycles. The van der Waals surface area contributed by atoms with Crippen LogP contribution in [0.2, 0.25) is 0 Å². The van der Waals surface area contributed by atoms with Gasteiger partial charge in [0.15, 0.2) is 0 Å². The van der Waals surface area contributed by atoms with Crippen molar-refractivity contribution in [3.63, 3.8) is 0 Å². The summed E-state index contributed by atoms with van der Waals surface area (Å²) in [5.41, 5.74) is -0.261. The summed E-state index contributed by atoms with van der Waals surface area (Å²) in [6, 6.07) is 7.92. The monoisotopic (exact) mass is 251 g/mol. The Hall–Kier alpha value is -2.30. The van der Waals surface area contributed by atoms with E-state index in [1.54, 1.807) is 0 Å². The Labute approximate surface area is 101 Å². The second-order valence-corrected chi connectivity index (χ2v) is 3.59. The van der Waals surface area contributed by atoms with E-state index in [1.165, 1.54) is 24.3 Å². The molecule has 1 N–H and O–H groups in total. The van der Waals surface area contributed by atoms with Crippen LogP contribution in [-0.2, 0) is 0 Å². The molecule has 5 heteroatoms. The predicted molar refractivity (Wildman–Crippen MR) is 60.7 cm³/mol. The minimum Gasteiger partial charge on any atom is -0.319 e. The second kappa shape index (κ2) is 4.91. The normalized spacial score (nSPS) is 10.2. The van der Waals surface area contributed by atoms with Crippen LogP contribution >= 0.6 is 0 Å². The van der Waals surface area contributed by atoms with Gasteiger partial charge in [0.25, 0.3) is 5.91 Å². The Morgan fingerprint density at radius 2 is 1.56 bits per heavy atom. The maximum atomic E-state index is 13.3. The van der Waals surface area contributed by atoms with E-state index in [1.807, 2.05) is 0 Å². The highest BCUT2D eigenvalue weighted by molar-refractivity contribution is 6.04. The first-order valence-corrected chi connectivity index (χ1v) is 5.08. The summed E-state index contributed by atoms with van der Waals surface area (Å²) in [5, 5.41) is 2.23. The molecule has 0 spiro atoms. The molecule has 0 atom stereocenters. The minimum atomic E-state index is -0.867. The molecular formula is C13H8F3NO. The van der Waals surface area contributed by atoms with Crippen LogP contribution < -0.4 is 5.32 Å². The highest BCUT2D eigenvalue weighted by Gasteiger charge is 2.11. The molecule has 2 nitrogen and oxygen atoms in total. The molecule has 18 heavy (non-hydrogen) atoms. The average molecular weight is 251 g/mol. The first-order valence-electron chi connectivity index (χ1n) is 5.08. The molecule has 2 rings (SSSR count). The second-order valence-electron chi connectivity index (χ2n) is 3.59. The molecule has 1 amide bonds. The molecule has 0 saturated heterocycles. The van der Waals surface area contributed by atoms with Gasteiger partial charge in [-0.05, 0) is 24.3 Å². The number of halogens is 3. The van der Waals surface area contributed by atoms with Gasteiger partial charge in [0, 0.05) is 11.6 Å². The van der Waals surface area contributed by atoms with E-state index < -0.39 is 23.4 Å². The molecule has 0 aliphatic heterocycles. The van der Waals surface area contributed by atoms with E-state index in [2.05, 4.69) is 5.32 Å². The van der Waals surface area contributed by atoms with Gasteiger partial charge in [-0.1, -0.05) is 12.1 Å². The number of hydrogen-bond donors (Lipinski definition) is 1. The van der Waals surface area contributed by atoms with Gasteiger partial charge in [0.2, 0.25) is 0 Å². The summed E-state index contributed by atoms with van der Waals surface area (Å²) < 4.78 is 39.1. The van der Waals surface area contributed by atoms with Crippen LogP contribution in [0.5, 0.6) is 0 Å². The standard InChI is InChI=1S/C13H8F3NO/c14-9-5-8(6-10(15)7-9)13(18)17-12-4-2-1-3-11(12)16/h1-7H,(H,17,18). The average Bonchev–Trinajstić information content (AvgIpc) is 2.31. The molecule has 0 fully saturated rings. The quantitative estimate of drug-likeness (QED) is 0.871. The summed E-state index contributed by atoms with van der Waals surface area (Å²) in [7, 11) is 0. The predicted octanol–water partition coefficient (Wildman–Crippen LogP) is 3.36. The molecule has 0 aliphatic carbocycles. The fraction of sp³-hybridized carbons (Fsp3) is 0. The van der Waals surface area contributed by atoms with Crippen molar-refractivity contribution in [2.24, 2.45) is 0 Å². The third-order valence-electron chi connectivity index (χ3n) is 2.25. The van der Waals surface area contributed by atoms with Crippen LogP contribution in [0.1, 0.15) is 10.4 Å². The smallest absolute Gasteiger partial charge is 0.255 e. The van der Waals surface area contributed by atoms with Gasteiger partial charge in [0.05, 0.1) is 5.69 Å². The molecular weight excluding hydrogens is 243 g/mol. The minimum absolute atomic E-state index is 0.0489. The Kier molecular flexibility index (Phi) is 3.32. The summed E-state index contributed by atoms with van der Waals surface area (Å²) >= 11 is 0. The number of benzene rings is 2. The zero-order valence-electron chi connectivity index (χ0n) is 9.08. The molecule has 2 aromatic carbocycles. The van der Waals surface area contributed by atoms with E-state index in [9.17, 15) is 18.0 Å². The van der Waals surface area contributed by atoms with E-state index in [4.69, 9.17) is 0 Å². The summed E-state index contributed by atoms with van der Waals surface area (Å²) in [6.45, 7) is 0. The lowest BCUT2D eigenvalue weighted by molar-refractivity contribution is 0.102. The number of nitrogens with one attached hydrogen (secondary N) is 1. The van der Waals surface area contributed by atoms with E-state index in [0.717, 1.165) is 12.1 Å². The molecule has 0 aliphatic rings. The van der Waals surface area contributed by atoms with Gasteiger partial charge in [-0.25, -0.2) is 13.2 Å². The van der Waals surface area contributed by atoms with Crippen molar-refractivity contribution in [3.05, 3.63) is 65.5 Å². The molecule has 0 saturated carbocycles. The lowest BCUT2D eigenvalue weighted by Gasteiger charge is -2.06. The molecule has 0 radical (unpaired) electrons. The van der Waals surface area contributed by atoms with Gasteiger partial charge in [0.1, 0.15) is 17.5 Å². The Morgan fingerprint density at radius 3 is 2.17 bits per heavy atom. The van der Waals surface area contributed by atoms with Crippen molar-refractivity contribution in [1.82, 2.24) is 0 Å². The zero-order valence-corrected chi connectivity index (χ0v) is 9.08. The van der Waals surface area contributed by atoms with Crippen LogP contribution in [0.25, 0.3) is 0 Å².